The molecule has 0 heterocycles. The molecule has 2 N–H and O–H groups in total. The first-order valence-corrected chi connectivity index (χ1v) is 10.7. The zero-order chi connectivity index (χ0) is 22.6. The van der Waals surface area contributed by atoms with Crippen molar-refractivity contribution in [1.82, 2.24) is 10.7 Å². The van der Waals surface area contributed by atoms with E-state index in [4.69, 9.17) is 14.2 Å². The van der Waals surface area contributed by atoms with Gasteiger partial charge in [0, 0.05) is 6.04 Å². The highest BCUT2D eigenvalue weighted by Crippen LogP contribution is 2.25. The van der Waals surface area contributed by atoms with Gasteiger partial charge in [0.25, 0.3) is 11.8 Å². The van der Waals surface area contributed by atoms with Gasteiger partial charge in [-0.1, -0.05) is 31.4 Å². The molecule has 170 valence electrons. The van der Waals surface area contributed by atoms with Crippen LogP contribution in [0.25, 0.3) is 0 Å². The van der Waals surface area contributed by atoms with Gasteiger partial charge in [-0.15, -0.1) is 0 Å². The Bertz CT molecular complexity index is 908. The average Bonchev–Trinajstić information content (AvgIpc) is 2.83. The highest BCUT2D eigenvalue weighted by molar-refractivity contribution is 5.83. The molecule has 1 saturated carbocycles. The predicted molar refractivity (Wildman–Crippen MR) is 121 cm³/mol. The van der Waals surface area contributed by atoms with Crippen molar-refractivity contribution in [3.8, 4) is 17.2 Å². The molecule has 1 aliphatic carbocycles. The summed E-state index contributed by atoms with van der Waals surface area (Å²) in [5.74, 6) is 1.14. The third-order valence-corrected chi connectivity index (χ3v) is 5.05. The van der Waals surface area contributed by atoms with Crippen LogP contribution in [0.2, 0.25) is 0 Å². The Hall–Kier alpha value is -3.55. The molecular formula is C24H29N3O5. The lowest BCUT2D eigenvalue weighted by atomic mass is 9.95. The molecule has 0 spiro atoms. The molecule has 32 heavy (non-hydrogen) atoms. The number of amides is 2. The Balaban J connectivity index is 1.37. The van der Waals surface area contributed by atoms with E-state index in [9.17, 15) is 9.59 Å². The molecule has 2 amide bonds. The van der Waals surface area contributed by atoms with Crippen LogP contribution in [0.1, 0.15) is 37.7 Å². The lowest BCUT2D eigenvalue weighted by molar-refractivity contribution is -0.124. The van der Waals surface area contributed by atoms with Gasteiger partial charge in [0.05, 0.1) is 13.3 Å². The Labute approximate surface area is 187 Å². The van der Waals surface area contributed by atoms with Crippen LogP contribution in [0.4, 0.5) is 0 Å². The molecule has 0 bridgehead atoms. The number of para-hydroxylation sites is 2. The second-order valence-corrected chi connectivity index (χ2v) is 7.49. The van der Waals surface area contributed by atoms with Gasteiger partial charge >= 0.3 is 0 Å². The van der Waals surface area contributed by atoms with Gasteiger partial charge in [0.2, 0.25) is 0 Å². The second-order valence-electron chi connectivity index (χ2n) is 7.49. The fourth-order valence-corrected chi connectivity index (χ4v) is 3.41. The molecule has 2 aromatic rings. The first-order chi connectivity index (χ1) is 15.6. The first kappa shape index (κ1) is 23.1. The summed E-state index contributed by atoms with van der Waals surface area (Å²) in [5, 5.41) is 6.95. The molecule has 0 unspecified atom stereocenters. The van der Waals surface area contributed by atoms with Crippen molar-refractivity contribution in [3.63, 3.8) is 0 Å². The molecule has 0 saturated heterocycles. The average molecular weight is 440 g/mol. The number of nitrogens with one attached hydrogen (secondary N) is 2. The Morgan fingerprint density at radius 3 is 2.34 bits per heavy atom. The monoisotopic (exact) mass is 439 g/mol. The van der Waals surface area contributed by atoms with E-state index < -0.39 is 5.91 Å². The van der Waals surface area contributed by atoms with Crippen molar-refractivity contribution < 1.29 is 23.8 Å². The summed E-state index contributed by atoms with van der Waals surface area (Å²) >= 11 is 0. The summed E-state index contributed by atoms with van der Waals surface area (Å²) in [6, 6.07) is 14.4. The molecular weight excluding hydrogens is 410 g/mol. The third kappa shape index (κ3) is 7.61. The molecule has 8 nitrogen and oxygen atoms in total. The summed E-state index contributed by atoms with van der Waals surface area (Å²) in [4.78, 5) is 23.9. The number of rotatable bonds is 10. The summed E-state index contributed by atoms with van der Waals surface area (Å²) in [6.45, 7) is -0.195. The van der Waals surface area contributed by atoms with E-state index in [2.05, 4.69) is 15.8 Å². The van der Waals surface area contributed by atoms with E-state index in [1.165, 1.54) is 32.6 Å². The van der Waals surface area contributed by atoms with Crippen molar-refractivity contribution in [3.05, 3.63) is 54.1 Å². The SMILES string of the molecule is COc1ccccc1OCC(=O)N/N=C\c1ccc(OCC(=O)NC2CCCCC2)cc1. The quantitative estimate of drug-likeness (QED) is 0.438. The van der Waals surface area contributed by atoms with Gasteiger partial charge in [-0.3, -0.25) is 9.59 Å². The zero-order valence-electron chi connectivity index (χ0n) is 18.2. The minimum Gasteiger partial charge on any atom is -0.493 e. The highest BCUT2D eigenvalue weighted by atomic mass is 16.5. The lowest BCUT2D eigenvalue weighted by Gasteiger charge is -2.22. The van der Waals surface area contributed by atoms with E-state index in [0.29, 0.717) is 17.2 Å². The standard InChI is InChI=1S/C24H29N3O5/c1-30-21-9-5-6-10-22(21)32-17-24(29)27-25-15-18-11-13-20(14-12-18)31-16-23(28)26-19-7-3-2-4-8-19/h5-6,9-15,19H,2-4,7-8,16-17H2,1H3,(H,26,28)(H,27,29)/b25-15-. The fourth-order valence-electron chi connectivity index (χ4n) is 3.41. The van der Waals surface area contributed by atoms with Gasteiger partial charge < -0.3 is 19.5 Å². The van der Waals surface area contributed by atoms with Crippen LogP contribution in [0.3, 0.4) is 0 Å². The number of hydrogen-bond donors (Lipinski definition) is 2. The number of carbonyl (C=O) groups is 2. The maximum Gasteiger partial charge on any atom is 0.277 e. The van der Waals surface area contributed by atoms with Crippen LogP contribution >= 0.6 is 0 Å². The molecule has 0 aliphatic heterocycles. The zero-order valence-corrected chi connectivity index (χ0v) is 18.2. The number of benzene rings is 2. The molecule has 3 rings (SSSR count). The normalized spacial score (nSPS) is 14.0. The molecule has 0 radical (unpaired) electrons. The third-order valence-electron chi connectivity index (χ3n) is 5.05. The second kappa shape index (κ2) is 12.3. The van der Waals surface area contributed by atoms with E-state index in [0.717, 1.165) is 18.4 Å². The van der Waals surface area contributed by atoms with Crippen LogP contribution in [0, 0.1) is 0 Å². The lowest BCUT2D eigenvalue weighted by Crippen LogP contribution is -2.38. The minimum atomic E-state index is -0.393. The first-order valence-electron chi connectivity index (χ1n) is 10.7. The number of carbonyl (C=O) groups excluding carboxylic acids is 2. The topological polar surface area (TPSA) is 98.2 Å². The maximum absolute atomic E-state index is 12.0. The van der Waals surface area contributed by atoms with Crippen LogP contribution < -0.4 is 25.0 Å². The van der Waals surface area contributed by atoms with Crippen LogP contribution in [-0.4, -0.2) is 44.4 Å². The summed E-state index contributed by atoms with van der Waals surface area (Å²) in [5.41, 5.74) is 3.19. The van der Waals surface area contributed by atoms with Gasteiger partial charge in [0.1, 0.15) is 5.75 Å². The molecule has 0 atom stereocenters. The van der Waals surface area contributed by atoms with Crippen LogP contribution in [0.15, 0.2) is 53.6 Å². The fraction of sp³-hybridized carbons (Fsp3) is 0.375. The van der Waals surface area contributed by atoms with Gasteiger partial charge in [-0.2, -0.15) is 5.10 Å². The number of hydrogen-bond acceptors (Lipinski definition) is 6. The minimum absolute atomic E-state index is 0.00774. The van der Waals surface area contributed by atoms with E-state index in [-0.39, 0.29) is 25.2 Å². The van der Waals surface area contributed by atoms with Gasteiger partial charge in [-0.25, -0.2) is 5.43 Å². The van der Waals surface area contributed by atoms with Gasteiger partial charge in [0.15, 0.2) is 24.7 Å². The van der Waals surface area contributed by atoms with E-state index in [1.807, 2.05) is 6.07 Å². The Kier molecular flexibility index (Phi) is 8.92. The van der Waals surface area contributed by atoms with Crippen molar-refractivity contribution in [2.24, 2.45) is 5.10 Å². The molecule has 8 heteroatoms. The Morgan fingerprint density at radius 2 is 1.62 bits per heavy atom. The van der Waals surface area contributed by atoms with Crippen LogP contribution in [0.5, 0.6) is 17.2 Å². The van der Waals surface area contributed by atoms with Gasteiger partial charge in [-0.05, 0) is 54.8 Å². The summed E-state index contributed by atoms with van der Waals surface area (Å²) in [6.07, 6.45) is 7.19. The predicted octanol–water partition coefficient (Wildman–Crippen LogP) is 3.05. The smallest absolute Gasteiger partial charge is 0.277 e. The van der Waals surface area contributed by atoms with Crippen LogP contribution in [-0.2, 0) is 9.59 Å². The number of hydrazone groups is 1. The highest BCUT2D eigenvalue weighted by Gasteiger charge is 2.15. The molecule has 1 fully saturated rings. The molecule has 0 aromatic heterocycles. The van der Waals surface area contributed by atoms with Crippen molar-refractivity contribution in [2.45, 2.75) is 38.1 Å². The number of ether oxygens (including phenoxy) is 3. The largest absolute Gasteiger partial charge is 0.493 e. The Morgan fingerprint density at radius 1 is 0.938 bits per heavy atom. The summed E-state index contributed by atoms with van der Waals surface area (Å²) in [7, 11) is 1.54. The van der Waals surface area contributed by atoms with E-state index >= 15 is 0 Å². The number of nitrogens with zero attached hydrogens (tertiary/aromatic N) is 1. The van der Waals surface area contributed by atoms with Crippen molar-refractivity contribution in [1.29, 1.82) is 0 Å². The van der Waals surface area contributed by atoms with Crippen molar-refractivity contribution in [2.75, 3.05) is 20.3 Å². The number of methoxy groups -OCH3 is 1. The molecule has 2 aromatic carbocycles. The van der Waals surface area contributed by atoms with Crippen molar-refractivity contribution >= 4 is 18.0 Å². The van der Waals surface area contributed by atoms with E-state index in [1.54, 1.807) is 42.5 Å². The molecule has 1 aliphatic rings. The maximum atomic E-state index is 12.0. The summed E-state index contributed by atoms with van der Waals surface area (Å²) < 4.78 is 16.2.